The molecule has 3 heteroatoms. The monoisotopic (exact) mass is 251 g/mol. The molecule has 6 atom stereocenters. The summed E-state index contributed by atoms with van der Waals surface area (Å²) in [7, 11) is 0. The number of hydrogen-bond donors (Lipinski definition) is 2. The number of carboxylic acids is 1. The van der Waals surface area contributed by atoms with E-state index in [0.29, 0.717) is 30.2 Å². The van der Waals surface area contributed by atoms with Crippen LogP contribution >= 0.6 is 0 Å². The molecule has 2 bridgehead atoms. The van der Waals surface area contributed by atoms with Crippen LogP contribution in [0.5, 0.6) is 0 Å². The molecule has 3 nitrogen and oxygen atoms in total. The Labute approximate surface area is 109 Å². The second kappa shape index (κ2) is 3.72. The molecule has 0 aromatic heterocycles. The summed E-state index contributed by atoms with van der Waals surface area (Å²) < 4.78 is 0. The number of rotatable bonds is 4. The Kier molecular flexibility index (Phi) is 2.58. The van der Waals surface area contributed by atoms with Gasteiger partial charge in [0.1, 0.15) is 0 Å². The van der Waals surface area contributed by atoms with Gasteiger partial charge in [-0.05, 0) is 60.3 Å². The summed E-state index contributed by atoms with van der Waals surface area (Å²) in [6, 6.07) is 0. The maximum Gasteiger partial charge on any atom is 0.303 e. The van der Waals surface area contributed by atoms with E-state index in [0.717, 1.165) is 11.8 Å². The van der Waals surface area contributed by atoms with Crippen molar-refractivity contribution < 1.29 is 9.90 Å². The van der Waals surface area contributed by atoms with E-state index in [1.165, 1.54) is 25.7 Å². The summed E-state index contributed by atoms with van der Waals surface area (Å²) in [4.78, 5) is 11.2. The average molecular weight is 251 g/mol. The highest BCUT2D eigenvalue weighted by Gasteiger charge is 2.72. The van der Waals surface area contributed by atoms with Crippen LogP contribution < -0.4 is 5.73 Å². The van der Waals surface area contributed by atoms with E-state index in [1.54, 1.807) is 0 Å². The first-order valence-electron chi connectivity index (χ1n) is 7.41. The number of nitrogens with two attached hydrogens (primary N) is 1. The van der Waals surface area contributed by atoms with E-state index < -0.39 is 5.97 Å². The third kappa shape index (κ3) is 1.21. The minimum atomic E-state index is -0.660. The zero-order chi connectivity index (χ0) is 13.1. The number of aliphatic carboxylic acids is 1. The topological polar surface area (TPSA) is 63.3 Å². The SMILES string of the molecule is CCC1(C)[C@@H]2CCC3[C@H]1[C@H](C2)[C@]3(CN)CC(=O)O. The van der Waals surface area contributed by atoms with Gasteiger partial charge in [0, 0.05) is 0 Å². The lowest BCUT2D eigenvalue weighted by Gasteiger charge is -2.64. The molecule has 0 amide bonds. The van der Waals surface area contributed by atoms with Gasteiger partial charge in [-0.2, -0.15) is 0 Å². The third-order valence-electron chi connectivity index (χ3n) is 7.02. The standard InChI is InChI=1S/C15H25NO2/c1-3-14(2)9-4-5-10-13(14)11(6-9)15(10,8-16)7-12(17)18/h9-11,13H,3-8,16H2,1-2H3,(H,17,18)/t9-,10?,11+,13+,14?,15+/m1/s1. The van der Waals surface area contributed by atoms with Crippen LogP contribution in [0.4, 0.5) is 0 Å². The van der Waals surface area contributed by atoms with E-state index in [9.17, 15) is 9.90 Å². The molecule has 3 saturated carbocycles. The maximum absolute atomic E-state index is 11.2. The first-order chi connectivity index (χ1) is 8.49. The summed E-state index contributed by atoms with van der Waals surface area (Å²) in [6.07, 6.45) is 5.27. The third-order valence-corrected chi connectivity index (χ3v) is 7.02. The van der Waals surface area contributed by atoms with Crippen LogP contribution in [0.15, 0.2) is 0 Å². The van der Waals surface area contributed by atoms with Gasteiger partial charge in [-0.25, -0.2) is 0 Å². The Balaban J connectivity index is 1.94. The second-order valence-electron chi connectivity index (χ2n) is 7.12. The smallest absolute Gasteiger partial charge is 0.303 e. The molecule has 3 aliphatic carbocycles. The summed E-state index contributed by atoms with van der Waals surface area (Å²) in [6.45, 7) is 5.31. The highest BCUT2D eigenvalue weighted by atomic mass is 16.4. The predicted molar refractivity (Wildman–Crippen MR) is 69.9 cm³/mol. The van der Waals surface area contributed by atoms with Crippen LogP contribution in [0.3, 0.4) is 0 Å². The van der Waals surface area contributed by atoms with E-state index in [2.05, 4.69) is 13.8 Å². The Morgan fingerprint density at radius 1 is 1.39 bits per heavy atom. The first kappa shape index (κ1) is 12.5. The summed E-state index contributed by atoms with van der Waals surface area (Å²) in [5, 5.41) is 9.22. The van der Waals surface area contributed by atoms with Crippen LogP contribution in [0.25, 0.3) is 0 Å². The Hall–Kier alpha value is -0.570. The van der Waals surface area contributed by atoms with Gasteiger partial charge in [-0.15, -0.1) is 0 Å². The van der Waals surface area contributed by atoms with Gasteiger partial charge in [0.25, 0.3) is 0 Å². The Bertz CT molecular complexity index is 375. The lowest BCUT2D eigenvalue weighted by atomic mass is 9.40. The lowest BCUT2D eigenvalue weighted by Crippen LogP contribution is -2.63. The van der Waals surface area contributed by atoms with Crippen molar-refractivity contribution in [1.82, 2.24) is 0 Å². The molecule has 0 saturated heterocycles. The van der Waals surface area contributed by atoms with Gasteiger partial charge < -0.3 is 10.8 Å². The van der Waals surface area contributed by atoms with Crippen LogP contribution in [-0.2, 0) is 4.79 Å². The van der Waals surface area contributed by atoms with Crippen molar-refractivity contribution >= 4 is 5.97 Å². The minimum Gasteiger partial charge on any atom is -0.481 e. The minimum absolute atomic E-state index is 0.0713. The van der Waals surface area contributed by atoms with Crippen LogP contribution in [0.2, 0.25) is 0 Å². The molecule has 2 unspecified atom stereocenters. The molecule has 3 N–H and O–H groups in total. The van der Waals surface area contributed by atoms with Gasteiger partial charge in [0.2, 0.25) is 0 Å². The molecule has 3 aliphatic rings. The normalized spacial score (nSPS) is 53.1. The van der Waals surface area contributed by atoms with Crippen molar-refractivity contribution in [2.75, 3.05) is 6.54 Å². The Morgan fingerprint density at radius 2 is 2.11 bits per heavy atom. The Morgan fingerprint density at radius 3 is 2.67 bits per heavy atom. The molecule has 0 aromatic carbocycles. The predicted octanol–water partition coefficient (Wildman–Crippen LogP) is 2.50. The van der Waals surface area contributed by atoms with Crippen molar-refractivity contribution in [2.45, 2.75) is 46.0 Å². The summed E-state index contributed by atoms with van der Waals surface area (Å²) in [5.74, 6) is 2.07. The van der Waals surface area contributed by atoms with Gasteiger partial charge in [0.05, 0.1) is 6.42 Å². The largest absolute Gasteiger partial charge is 0.481 e. The number of hydrogen-bond acceptors (Lipinski definition) is 2. The van der Waals surface area contributed by atoms with E-state index in [-0.39, 0.29) is 5.41 Å². The molecule has 18 heavy (non-hydrogen) atoms. The van der Waals surface area contributed by atoms with Gasteiger partial charge >= 0.3 is 5.97 Å². The highest BCUT2D eigenvalue weighted by Crippen LogP contribution is 2.76. The molecule has 0 aromatic rings. The second-order valence-corrected chi connectivity index (χ2v) is 7.12. The fraction of sp³-hybridized carbons (Fsp3) is 0.933. The number of fused-ring (bicyclic) bond motifs is 1. The quantitative estimate of drug-likeness (QED) is 0.807. The molecular formula is C15H25NO2. The van der Waals surface area contributed by atoms with Gasteiger partial charge in [0.15, 0.2) is 0 Å². The molecular weight excluding hydrogens is 226 g/mol. The molecule has 0 aliphatic heterocycles. The van der Waals surface area contributed by atoms with E-state index >= 15 is 0 Å². The fourth-order valence-corrected chi connectivity index (χ4v) is 6.04. The molecule has 3 fully saturated rings. The first-order valence-corrected chi connectivity index (χ1v) is 7.41. The van der Waals surface area contributed by atoms with Crippen molar-refractivity contribution in [1.29, 1.82) is 0 Å². The van der Waals surface area contributed by atoms with Crippen LogP contribution in [0, 0.1) is 34.5 Å². The van der Waals surface area contributed by atoms with Crippen LogP contribution in [0.1, 0.15) is 46.0 Å². The van der Waals surface area contributed by atoms with Crippen LogP contribution in [-0.4, -0.2) is 17.6 Å². The number of carboxylic acid groups (broad SMARTS) is 1. The van der Waals surface area contributed by atoms with E-state index in [1.807, 2.05) is 0 Å². The highest BCUT2D eigenvalue weighted by molar-refractivity contribution is 5.68. The van der Waals surface area contributed by atoms with Crippen molar-refractivity contribution in [3.63, 3.8) is 0 Å². The molecule has 3 rings (SSSR count). The van der Waals surface area contributed by atoms with Gasteiger partial charge in [-0.3, -0.25) is 4.79 Å². The zero-order valence-corrected chi connectivity index (χ0v) is 11.5. The van der Waals surface area contributed by atoms with Crippen molar-refractivity contribution in [3.05, 3.63) is 0 Å². The number of carbonyl (C=O) groups is 1. The molecule has 0 heterocycles. The van der Waals surface area contributed by atoms with Crippen molar-refractivity contribution in [2.24, 2.45) is 40.2 Å². The summed E-state index contributed by atoms with van der Waals surface area (Å²) in [5.41, 5.74) is 6.42. The fourth-order valence-electron chi connectivity index (χ4n) is 6.04. The van der Waals surface area contributed by atoms with Crippen molar-refractivity contribution in [3.8, 4) is 0 Å². The maximum atomic E-state index is 11.2. The molecule has 0 radical (unpaired) electrons. The molecule has 0 spiro atoms. The average Bonchev–Trinajstić information content (AvgIpc) is 2.53. The zero-order valence-electron chi connectivity index (χ0n) is 11.5. The van der Waals surface area contributed by atoms with Gasteiger partial charge in [-0.1, -0.05) is 20.3 Å². The lowest BCUT2D eigenvalue weighted by molar-refractivity contribution is -0.175. The van der Waals surface area contributed by atoms with E-state index in [4.69, 9.17) is 5.73 Å². The summed E-state index contributed by atoms with van der Waals surface area (Å²) >= 11 is 0. The molecule has 102 valence electrons.